The minimum atomic E-state index is -0.875. The largest absolute Gasteiger partial charge is 0.511 e. The molecule has 26 heavy (non-hydrogen) atoms. The van der Waals surface area contributed by atoms with E-state index in [0.717, 1.165) is 5.56 Å². The fraction of sp³-hybridized carbons (Fsp3) is 0.476. The minimum Gasteiger partial charge on any atom is -0.511 e. The van der Waals surface area contributed by atoms with Gasteiger partial charge >= 0.3 is 5.97 Å². The van der Waals surface area contributed by atoms with Gasteiger partial charge in [0.15, 0.2) is 5.78 Å². The van der Waals surface area contributed by atoms with Crippen LogP contribution in [-0.2, 0) is 14.3 Å². The first kappa shape index (κ1) is 19.9. The highest BCUT2D eigenvalue weighted by molar-refractivity contribution is 6.24. The fourth-order valence-corrected chi connectivity index (χ4v) is 3.36. The second-order valence-corrected chi connectivity index (χ2v) is 7.45. The lowest BCUT2D eigenvalue weighted by Gasteiger charge is -2.37. The predicted octanol–water partition coefficient (Wildman–Crippen LogP) is 4.47. The number of aliphatic hydroxyl groups is 1. The van der Waals surface area contributed by atoms with E-state index in [1.807, 2.05) is 52.0 Å². The van der Waals surface area contributed by atoms with Gasteiger partial charge in [0.2, 0.25) is 0 Å². The maximum atomic E-state index is 12.7. The molecule has 1 N–H and O–H groups in total. The highest BCUT2D eigenvalue weighted by Crippen LogP contribution is 2.43. The summed E-state index contributed by atoms with van der Waals surface area (Å²) in [6, 6.07) is 7.64. The van der Waals surface area contributed by atoms with Crippen LogP contribution in [0.15, 0.2) is 40.6 Å². The number of Topliss-reactive ketones (excluding diaryl/α,β-unsaturated/α-hetero) is 1. The summed E-state index contributed by atoms with van der Waals surface area (Å²) in [5, 5.41) is 10.8. The normalized spacial score (nSPS) is 21.0. The van der Waals surface area contributed by atoms with Gasteiger partial charge in [0.25, 0.3) is 0 Å². The number of ether oxygens (including phenoxy) is 1. The molecule has 5 heteroatoms. The number of aliphatic imine (C=N–C) groups is 1. The molecule has 5 nitrogen and oxygen atoms in total. The van der Waals surface area contributed by atoms with E-state index >= 15 is 0 Å². The molecule has 2 rings (SSSR count). The van der Waals surface area contributed by atoms with Crippen molar-refractivity contribution in [3.8, 4) is 0 Å². The molecule has 0 heterocycles. The van der Waals surface area contributed by atoms with E-state index in [0.29, 0.717) is 30.7 Å². The van der Waals surface area contributed by atoms with Crippen molar-refractivity contribution in [1.82, 2.24) is 0 Å². The Labute approximate surface area is 154 Å². The van der Waals surface area contributed by atoms with Crippen LogP contribution in [0.2, 0.25) is 0 Å². The first-order valence-corrected chi connectivity index (χ1v) is 8.90. The van der Waals surface area contributed by atoms with E-state index in [2.05, 4.69) is 4.99 Å². The van der Waals surface area contributed by atoms with Crippen LogP contribution in [0.3, 0.4) is 0 Å². The topological polar surface area (TPSA) is 76.0 Å². The summed E-state index contributed by atoms with van der Waals surface area (Å²) in [6.45, 7) is 7.63. The molecule has 0 radical (unpaired) electrons. The average molecular weight is 357 g/mol. The van der Waals surface area contributed by atoms with Crippen molar-refractivity contribution < 1.29 is 19.4 Å². The second kappa shape index (κ2) is 7.85. The van der Waals surface area contributed by atoms with E-state index in [1.54, 1.807) is 0 Å². The number of rotatable bonds is 5. The van der Waals surface area contributed by atoms with E-state index in [1.165, 1.54) is 7.11 Å². The highest BCUT2D eigenvalue weighted by atomic mass is 16.5. The summed E-state index contributed by atoms with van der Waals surface area (Å²) >= 11 is 0. The third kappa shape index (κ3) is 4.03. The van der Waals surface area contributed by atoms with Crippen LogP contribution in [-0.4, -0.2) is 29.7 Å². The molecule has 0 aromatic heterocycles. The van der Waals surface area contributed by atoms with Crippen molar-refractivity contribution in [3.05, 3.63) is 41.2 Å². The summed E-state index contributed by atoms with van der Waals surface area (Å²) in [5.41, 5.74) is 1.91. The molecule has 0 aliphatic heterocycles. The summed E-state index contributed by atoms with van der Waals surface area (Å²) in [4.78, 5) is 29.6. The van der Waals surface area contributed by atoms with Gasteiger partial charge in [0.1, 0.15) is 11.7 Å². The molecule has 140 valence electrons. The zero-order valence-electron chi connectivity index (χ0n) is 16.1. The number of carbonyl (C=O) groups excluding carboxylic acids is 2. The Hall–Kier alpha value is -2.43. The van der Waals surface area contributed by atoms with Crippen LogP contribution in [0.4, 0.5) is 5.69 Å². The van der Waals surface area contributed by atoms with Crippen LogP contribution in [0.5, 0.6) is 0 Å². The smallest absolute Gasteiger partial charge is 0.316 e. The van der Waals surface area contributed by atoms with Crippen molar-refractivity contribution in [3.63, 3.8) is 0 Å². The standard InChI is InChI=1S/C21H27NO4/c1-6-7-16(23)17-15(22-14-10-8-13(2)9-11-14)12-21(3,4)18(19(17)24)20(25)26-5/h8-11,18,24H,6-7,12H2,1-5H3/t18-/m1/s1. The van der Waals surface area contributed by atoms with Crippen molar-refractivity contribution in [2.45, 2.75) is 47.0 Å². The minimum absolute atomic E-state index is 0.169. The quantitative estimate of drug-likeness (QED) is 0.789. The van der Waals surface area contributed by atoms with Gasteiger partial charge < -0.3 is 9.84 Å². The van der Waals surface area contributed by atoms with Crippen LogP contribution in [0.25, 0.3) is 0 Å². The summed E-state index contributed by atoms with van der Waals surface area (Å²) in [6.07, 6.45) is 1.34. The van der Waals surface area contributed by atoms with Gasteiger partial charge in [-0.3, -0.25) is 14.6 Å². The predicted molar refractivity (Wildman–Crippen MR) is 102 cm³/mol. The summed E-state index contributed by atoms with van der Waals surface area (Å²) in [7, 11) is 1.29. The van der Waals surface area contributed by atoms with E-state index < -0.39 is 17.3 Å². The lowest BCUT2D eigenvalue weighted by atomic mass is 9.67. The number of aryl methyl sites for hydroxylation is 1. The molecule has 1 aromatic rings. The van der Waals surface area contributed by atoms with Crippen molar-refractivity contribution in [1.29, 1.82) is 0 Å². The molecular formula is C21H27NO4. The first-order chi connectivity index (χ1) is 12.2. The zero-order valence-corrected chi connectivity index (χ0v) is 16.1. The van der Waals surface area contributed by atoms with E-state index in [-0.39, 0.29) is 17.1 Å². The van der Waals surface area contributed by atoms with Crippen molar-refractivity contribution in [2.24, 2.45) is 16.3 Å². The summed E-state index contributed by atoms with van der Waals surface area (Å²) in [5.74, 6) is -1.83. The molecule has 0 bridgehead atoms. The van der Waals surface area contributed by atoms with Gasteiger partial charge in [0.05, 0.1) is 24.1 Å². The maximum Gasteiger partial charge on any atom is 0.316 e. The Balaban J connectivity index is 2.62. The SMILES string of the molecule is CCCC(=O)C1=C(O)[C@H](C(=O)OC)C(C)(C)CC1=Nc1ccc(C)cc1. The number of hydrogen-bond acceptors (Lipinski definition) is 5. The fourth-order valence-electron chi connectivity index (χ4n) is 3.36. The molecule has 1 aliphatic rings. The van der Waals surface area contributed by atoms with Crippen LogP contribution < -0.4 is 0 Å². The number of aliphatic hydroxyl groups excluding tert-OH is 1. The molecule has 0 saturated heterocycles. The van der Waals surface area contributed by atoms with Gasteiger partial charge in [-0.1, -0.05) is 38.5 Å². The van der Waals surface area contributed by atoms with Crippen molar-refractivity contribution >= 4 is 23.2 Å². The number of hydrogen-bond donors (Lipinski definition) is 1. The lowest BCUT2D eigenvalue weighted by Crippen LogP contribution is -2.41. The Morgan fingerprint density at radius 2 is 1.88 bits per heavy atom. The van der Waals surface area contributed by atoms with Crippen molar-refractivity contribution in [2.75, 3.05) is 7.11 Å². The Bertz CT molecular complexity index is 757. The van der Waals surface area contributed by atoms with E-state index in [9.17, 15) is 14.7 Å². The third-order valence-electron chi connectivity index (χ3n) is 4.71. The van der Waals surface area contributed by atoms with Crippen LogP contribution in [0.1, 0.15) is 45.6 Å². The maximum absolute atomic E-state index is 12.7. The van der Waals surface area contributed by atoms with E-state index in [4.69, 9.17) is 4.74 Å². The van der Waals surface area contributed by atoms with Gasteiger partial charge in [-0.2, -0.15) is 0 Å². The van der Waals surface area contributed by atoms with Crippen LogP contribution >= 0.6 is 0 Å². The van der Waals surface area contributed by atoms with Gasteiger partial charge in [-0.05, 0) is 37.3 Å². The molecule has 0 spiro atoms. The first-order valence-electron chi connectivity index (χ1n) is 8.90. The average Bonchev–Trinajstić information content (AvgIpc) is 2.56. The Kier molecular flexibility index (Phi) is 6.01. The number of benzene rings is 1. The molecule has 0 amide bonds. The second-order valence-electron chi connectivity index (χ2n) is 7.45. The van der Waals surface area contributed by atoms with Gasteiger partial charge in [-0.25, -0.2) is 0 Å². The number of ketones is 1. The number of carbonyl (C=O) groups is 2. The van der Waals surface area contributed by atoms with Gasteiger partial charge in [0, 0.05) is 6.42 Å². The molecule has 0 saturated carbocycles. The van der Waals surface area contributed by atoms with Crippen LogP contribution in [0, 0.1) is 18.3 Å². The number of esters is 1. The molecule has 0 unspecified atom stereocenters. The number of nitrogens with zero attached hydrogens (tertiary/aromatic N) is 1. The third-order valence-corrected chi connectivity index (χ3v) is 4.71. The number of allylic oxidation sites excluding steroid dienone is 1. The number of methoxy groups -OCH3 is 1. The van der Waals surface area contributed by atoms with Gasteiger partial charge in [-0.15, -0.1) is 0 Å². The Morgan fingerprint density at radius 3 is 2.42 bits per heavy atom. The molecule has 0 fully saturated rings. The monoisotopic (exact) mass is 357 g/mol. The Morgan fingerprint density at radius 1 is 1.27 bits per heavy atom. The lowest BCUT2D eigenvalue weighted by molar-refractivity contribution is -0.149. The summed E-state index contributed by atoms with van der Waals surface area (Å²) < 4.78 is 4.87. The molecule has 1 atom stereocenters. The zero-order chi connectivity index (χ0) is 19.5. The molecule has 1 aliphatic carbocycles. The highest BCUT2D eigenvalue weighted by Gasteiger charge is 2.47. The molecule has 1 aromatic carbocycles. The molecular weight excluding hydrogens is 330 g/mol.